The molecule has 88 valence electrons. The van der Waals surface area contributed by atoms with Crippen molar-refractivity contribution in [2.75, 3.05) is 13.2 Å². The SMILES string of the molecule is CC(C)OC[C@@]12CC[C@H](C)N1C[C@H](C)C2. The summed E-state index contributed by atoms with van der Waals surface area (Å²) in [6.45, 7) is 11.2. The second-order valence-corrected chi connectivity index (χ2v) is 5.93. The zero-order valence-electron chi connectivity index (χ0n) is 10.6. The molecule has 0 saturated carbocycles. The van der Waals surface area contributed by atoms with E-state index in [0.29, 0.717) is 11.6 Å². The van der Waals surface area contributed by atoms with Crippen molar-refractivity contribution in [3.63, 3.8) is 0 Å². The molecule has 0 radical (unpaired) electrons. The lowest BCUT2D eigenvalue weighted by molar-refractivity contribution is -0.00363. The van der Waals surface area contributed by atoms with Crippen LogP contribution in [0.15, 0.2) is 0 Å². The molecule has 2 heteroatoms. The molecule has 2 heterocycles. The first-order valence-electron chi connectivity index (χ1n) is 6.42. The van der Waals surface area contributed by atoms with Crippen LogP contribution < -0.4 is 0 Å². The lowest BCUT2D eigenvalue weighted by Gasteiger charge is -2.34. The Balaban J connectivity index is 2.04. The van der Waals surface area contributed by atoms with Gasteiger partial charge >= 0.3 is 0 Å². The predicted octanol–water partition coefficient (Wildman–Crippen LogP) is 2.67. The van der Waals surface area contributed by atoms with Gasteiger partial charge in [-0.05, 0) is 46.0 Å². The molecule has 0 aliphatic carbocycles. The second kappa shape index (κ2) is 4.06. The molecule has 15 heavy (non-hydrogen) atoms. The highest BCUT2D eigenvalue weighted by Gasteiger charge is 2.50. The molecule has 2 rings (SSSR count). The molecule has 3 atom stereocenters. The summed E-state index contributed by atoms with van der Waals surface area (Å²) in [6.07, 6.45) is 4.40. The molecule has 0 unspecified atom stereocenters. The summed E-state index contributed by atoms with van der Waals surface area (Å²) in [4.78, 5) is 2.71. The maximum absolute atomic E-state index is 5.89. The van der Waals surface area contributed by atoms with Crippen molar-refractivity contribution in [3.8, 4) is 0 Å². The average Bonchev–Trinajstić information content (AvgIpc) is 2.62. The third-order valence-electron chi connectivity index (χ3n) is 4.09. The number of rotatable bonds is 3. The topological polar surface area (TPSA) is 12.5 Å². The van der Waals surface area contributed by atoms with Crippen LogP contribution in [0.1, 0.15) is 47.0 Å². The molecule has 2 saturated heterocycles. The molecule has 2 nitrogen and oxygen atoms in total. The highest BCUT2D eigenvalue weighted by atomic mass is 16.5. The van der Waals surface area contributed by atoms with Gasteiger partial charge in [-0.25, -0.2) is 0 Å². The summed E-state index contributed by atoms with van der Waals surface area (Å²) in [7, 11) is 0. The molecular weight excluding hydrogens is 186 g/mol. The van der Waals surface area contributed by atoms with Gasteiger partial charge < -0.3 is 4.74 Å². The maximum atomic E-state index is 5.89. The van der Waals surface area contributed by atoms with E-state index >= 15 is 0 Å². The fourth-order valence-electron chi connectivity index (χ4n) is 3.42. The Morgan fingerprint density at radius 1 is 1.40 bits per heavy atom. The first kappa shape index (κ1) is 11.4. The molecule has 2 aliphatic heterocycles. The van der Waals surface area contributed by atoms with Gasteiger partial charge in [0.15, 0.2) is 0 Å². The van der Waals surface area contributed by atoms with Gasteiger partial charge in [0.05, 0.1) is 12.7 Å². The van der Waals surface area contributed by atoms with Crippen LogP contribution in [0.3, 0.4) is 0 Å². The van der Waals surface area contributed by atoms with E-state index in [1.807, 2.05) is 0 Å². The van der Waals surface area contributed by atoms with Gasteiger partial charge in [-0.15, -0.1) is 0 Å². The summed E-state index contributed by atoms with van der Waals surface area (Å²) >= 11 is 0. The van der Waals surface area contributed by atoms with Crippen molar-refractivity contribution in [2.45, 2.75) is 64.6 Å². The van der Waals surface area contributed by atoms with Gasteiger partial charge in [0.2, 0.25) is 0 Å². The Morgan fingerprint density at radius 3 is 2.80 bits per heavy atom. The molecule has 0 amide bonds. The Morgan fingerprint density at radius 2 is 2.13 bits per heavy atom. The van der Waals surface area contributed by atoms with Gasteiger partial charge in [0, 0.05) is 18.1 Å². The normalized spacial score (nSPS) is 41.4. The van der Waals surface area contributed by atoms with Gasteiger partial charge in [0.25, 0.3) is 0 Å². The van der Waals surface area contributed by atoms with Crippen molar-refractivity contribution in [1.29, 1.82) is 0 Å². The van der Waals surface area contributed by atoms with Crippen LogP contribution in [-0.4, -0.2) is 35.7 Å². The molecule has 0 aromatic rings. The smallest absolute Gasteiger partial charge is 0.0654 e. The Hall–Kier alpha value is -0.0800. The Bertz CT molecular complexity index is 229. The van der Waals surface area contributed by atoms with Crippen LogP contribution in [0.5, 0.6) is 0 Å². The van der Waals surface area contributed by atoms with Gasteiger partial charge in [0.1, 0.15) is 0 Å². The molecule has 0 aromatic heterocycles. The first-order chi connectivity index (χ1) is 7.03. The summed E-state index contributed by atoms with van der Waals surface area (Å²) in [6, 6.07) is 0.769. The maximum Gasteiger partial charge on any atom is 0.0654 e. The van der Waals surface area contributed by atoms with Crippen LogP contribution in [-0.2, 0) is 4.74 Å². The van der Waals surface area contributed by atoms with E-state index in [4.69, 9.17) is 4.74 Å². The minimum absolute atomic E-state index is 0.369. The van der Waals surface area contributed by atoms with E-state index in [2.05, 4.69) is 32.6 Å². The molecule has 0 aromatic carbocycles. The second-order valence-electron chi connectivity index (χ2n) is 5.93. The Labute approximate surface area is 94.0 Å². The zero-order chi connectivity index (χ0) is 11.1. The number of fused-ring (bicyclic) bond motifs is 1. The summed E-state index contributed by atoms with van der Waals surface area (Å²) < 4.78 is 5.89. The highest BCUT2D eigenvalue weighted by molar-refractivity contribution is 5.05. The van der Waals surface area contributed by atoms with E-state index in [1.165, 1.54) is 25.8 Å². The fourth-order valence-corrected chi connectivity index (χ4v) is 3.42. The molecular formula is C13H25NO. The fraction of sp³-hybridized carbons (Fsp3) is 1.00. The van der Waals surface area contributed by atoms with E-state index in [9.17, 15) is 0 Å². The number of hydrogen-bond donors (Lipinski definition) is 0. The van der Waals surface area contributed by atoms with Gasteiger partial charge in [-0.2, -0.15) is 0 Å². The zero-order valence-corrected chi connectivity index (χ0v) is 10.6. The third-order valence-corrected chi connectivity index (χ3v) is 4.09. The van der Waals surface area contributed by atoms with Crippen LogP contribution >= 0.6 is 0 Å². The van der Waals surface area contributed by atoms with Crippen molar-refractivity contribution in [3.05, 3.63) is 0 Å². The number of hydrogen-bond acceptors (Lipinski definition) is 2. The molecule has 0 N–H and O–H groups in total. The van der Waals surface area contributed by atoms with Crippen molar-refractivity contribution in [2.24, 2.45) is 5.92 Å². The van der Waals surface area contributed by atoms with Crippen molar-refractivity contribution < 1.29 is 4.74 Å². The molecule has 0 spiro atoms. The average molecular weight is 211 g/mol. The standard InChI is InChI=1S/C13H25NO/c1-10(2)15-9-13-6-5-12(4)14(13)8-11(3)7-13/h10-12H,5-9H2,1-4H3/t11-,12+,13+/m1/s1. The monoisotopic (exact) mass is 211 g/mol. The van der Waals surface area contributed by atoms with Crippen LogP contribution in [0.2, 0.25) is 0 Å². The molecule has 2 aliphatic rings. The van der Waals surface area contributed by atoms with Crippen LogP contribution in [0.25, 0.3) is 0 Å². The summed E-state index contributed by atoms with van der Waals surface area (Å²) in [5, 5.41) is 0. The van der Waals surface area contributed by atoms with E-state index in [0.717, 1.165) is 18.6 Å². The van der Waals surface area contributed by atoms with Gasteiger partial charge in [-0.1, -0.05) is 6.92 Å². The number of ether oxygens (including phenoxy) is 1. The van der Waals surface area contributed by atoms with Crippen LogP contribution in [0.4, 0.5) is 0 Å². The third kappa shape index (κ3) is 2.07. The van der Waals surface area contributed by atoms with E-state index < -0.39 is 0 Å². The van der Waals surface area contributed by atoms with Crippen LogP contribution in [0, 0.1) is 5.92 Å². The van der Waals surface area contributed by atoms with E-state index in [-0.39, 0.29) is 0 Å². The highest BCUT2D eigenvalue weighted by Crippen LogP contribution is 2.44. The predicted molar refractivity (Wildman–Crippen MR) is 63.0 cm³/mol. The summed E-state index contributed by atoms with van der Waals surface area (Å²) in [5.41, 5.74) is 0.392. The molecule has 2 fully saturated rings. The van der Waals surface area contributed by atoms with Gasteiger partial charge in [-0.3, -0.25) is 4.90 Å². The minimum Gasteiger partial charge on any atom is -0.377 e. The number of nitrogens with zero attached hydrogens (tertiary/aromatic N) is 1. The van der Waals surface area contributed by atoms with Crippen molar-refractivity contribution in [1.82, 2.24) is 4.90 Å². The molecule has 0 bridgehead atoms. The Kier molecular flexibility index (Phi) is 3.09. The lowest BCUT2D eigenvalue weighted by Crippen LogP contribution is -2.45. The lowest BCUT2D eigenvalue weighted by atomic mass is 9.91. The van der Waals surface area contributed by atoms with E-state index in [1.54, 1.807) is 0 Å². The largest absolute Gasteiger partial charge is 0.377 e. The van der Waals surface area contributed by atoms with Crippen molar-refractivity contribution >= 4 is 0 Å². The summed E-state index contributed by atoms with van der Waals surface area (Å²) in [5.74, 6) is 0.850. The minimum atomic E-state index is 0.369. The quantitative estimate of drug-likeness (QED) is 0.711. The first-order valence-corrected chi connectivity index (χ1v) is 6.42.